The molecule has 136 valence electrons. The lowest BCUT2D eigenvalue weighted by molar-refractivity contribution is 1.09. The van der Waals surface area contributed by atoms with Gasteiger partial charge in [0.15, 0.2) is 0 Å². The number of hydrogen-bond acceptors (Lipinski definition) is 2. The van der Waals surface area contributed by atoms with Gasteiger partial charge in [0.2, 0.25) is 0 Å². The van der Waals surface area contributed by atoms with E-state index >= 15 is 0 Å². The smallest absolute Gasteiger partial charge is 0.412 e. The summed E-state index contributed by atoms with van der Waals surface area (Å²) in [5, 5.41) is 1.13. The highest BCUT2D eigenvalue weighted by Crippen LogP contribution is 2.19. The molecule has 0 bridgehead atoms. The van der Waals surface area contributed by atoms with Crippen LogP contribution in [-0.4, -0.2) is 20.6 Å². The first-order valence-electron chi connectivity index (χ1n) is 9.69. The van der Waals surface area contributed by atoms with E-state index in [9.17, 15) is 0 Å². The summed E-state index contributed by atoms with van der Waals surface area (Å²) in [6.07, 6.45) is 3.04. The van der Waals surface area contributed by atoms with Gasteiger partial charge >= 0.3 is 14.4 Å². The van der Waals surface area contributed by atoms with Crippen molar-refractivity contribution < 1.29 is 0 Å². The summed E-state index contributed by atoms with van der Waals surface area (Å²) >= 11 is -1.12. The van der Waals surface area contributed by atoms with Crippen LogP contribution in [0.5, 0.6) is 0 Å². The Hall–Kier alpha value is -2.34. The highest BCUT2D eigenvalue weighted by Gasteiger charge is 2.16. The van der Waals surface area contributed by atoms with Gasteiger partial charge in [0, 0.05) is 11.9 Å². The Balaban J connectivity index is 1.77. The summed E-state index contributed by atoms with van der Waals surface area (Å²) in [6.45, 7) is 4.40. The molecule has 3 heteroatoms. The van der Waals surface area contributed by atoms with Crippen LogP contribution in [0.3, 0.4) is 0 Å². The van der Waals surface area contributed by atoms with Crippen LogP contribution in [0.2, 0.25) is 5.79 Å². The first kappa shape index (κ1) is 19.4. The van der Waals surface area contributed by atoms with Gasteiger partial charge in [-0.05, 0) is 53.5 Å². The van der Waals surface area contributed by atoms with Crippen molar-refractivity contribution in [3.05, 3.63) is 95.1 Å². The van der Waals surface area contributed by atoms with Crippen molar-refractivity contribution in [3.8, 4) is 0 Å². The van der Waals surface area contributed by atoms with Gasteiger partial charge in [-0.2, -0.15) is 0 Å². The number of aryl methyl sites for hydroxylation is 1. The van der Waals surface area contributed by atoms with Gasteiger partial charge in [0.05, 0.1) is 5.69 Å². The summed E-state index contributed by atoms with van der Waals surface area (Å²) in [5.74, 6) is 2.39. The molecule has 27 heavy (non-hydrogen) atoms. The van der Waals surface area contributed by atoms with Gasteiger partial charge in [0.1, 0.15) is 0 Å². The Bertz CT molecular complexity index is 903. The van der Waals surface area contributed by atoms with Gasteiger partial charge in [0.25, 0.3) is 0 Å². The molecular formula is C24H27AlN2. The quantitative estimate of drug-likeness (QED) is 0.393. The van der Waals surface area contributed by atoms with Crippen molar-refractivity contribution in [2.24, 2.45) is 4.99 Å². The van der Waals surface area contributed by atoms with E-state index in [0.717, 1.165) is 17.4 Å². The zero-order chi connectivity index (χ0) is 19.1. The van der Waals surface area contributed by atoms with E-state index in [4.69, 9.17) is 0 Å². The molecule has 0 saturated heterocycles. The Labute approximate surface area is 167 Å². The summed E-state index contributed by atoms with van der Waals surface area (Å²) < 4.78 is 3.79. The van der Waals surface area contributed by atoms with Crippen molar-refractivity contribution >= 4 is 32.0 Å². The summed E-state index contributed by atoms with van der Waals surface area (Å²) in [6, 6.07) is 25.3. The molecule has 0 aliphatic heterocycles. The number of para-hydroxylation sites is 2. The SMILES string of the molecule is CCc1c(C=Nc2ccccc2)cccc1[CH2][Al]([CH3])[NH]c1ccccc1C. The van der Waals surface area contributed by atoms with E-state index in [1.165, 1.54) is 27.9 Å². The molecule has 0 aromatic heterocycles. The maximum atomic E-state index is 4.66. The van der Waals surface area contributed by atoms with Gasteiger partial charge in [-0.25, -0.2) is 0 Å². The van der Waals surface area contributed by atoms with Crippen LogP contribution in [0.1, 0.15) is 29.2 Å². The van der Waals surface area contributed by atoms with E-state index in [1.807, 2.05) is 36.5 Å². The monoisotopic (exact) mass is 370 g/mol. The van der Waals surface area contributed by atoms with Crippen LogP contribution in [0, 0.1) is 6.92 Å². The number of hydrogen-bond donors (Lipinski definition) is 1. The molecule has 0 heterocycles. The molecule has 3 rings (SSSR count). The van der Waals surface area contributed by atoms with Crippen LogP contribution < -0.4 is 4.30 Å². The number of aliphatic imine (C=N–C) groups is 1. The van der Waals surface area contributed by atoms with Crippen molar-refractivity contribution in [2.45, 2.75) is 31.3 Å². The van der Waals surface area contributed by atoms with Crippen LogP contribution in [-0.2, 0) is 11.7 Å². The second kappa shape index (κ2) is 9.56. The number of nitrogens with one attached hydrogen (secondary N) is 1. The molecule has 0 amide bonds. The summed E-state index contributed by atoms with van der Waals surface area (Å²) in [4.78, 5) is 4.66. The van der Waals surface area contributed by atoms with Gasteiger partial charge in [-0.15, -0.1) is 0 Å². The Morgan fingerprint density at radius 2 is 1.67 bits per heavy atom. The maximum absolute atomic E-state index is 4.66. The van der Waals surface area contributed by atoms with Crippen molar-refractivity contribution in [1.82, 2.24) is 0 Å². The third-order valence-corrected chi connectivity index (χ3v) is 6.70. The molecule has 3 aromatic rings. The molecule has 1 N–H and O–H groups in total. The van der Waals surface area contributed by atoms with Gasteiger partial charge < -0.3 is 4.30 Å². The highest BCUT2D eigenvalue weighted by atomic mass is 27.2. The molecule has 0 fully saturated rings. The standard InChI is InChI=1S/C16H16N.C7H8N.CH3.Al/c1-3-16-13(2)8-7-9-14(16)12-17-15-10-5-4-6-11-15;1-6-4-2-3-5-7(6)8;;/h4-12H,2-3H2,1H3;2-5,8H,1H3;1H3;/q;-1;;+1. The zero-order valence-electron chi connectivity index (χ0n) is 16.4. The highest BCUT2D eigenvalue weighted by molar-refractivity contribution is 6.60. The predicted octanol–water partition coefficient (Wildman–Crippen LogP) is 6.12. The topological polar surface area (TPSA) is 24.4 Å². The predicted molar refractivity (Wildman–Crippen MR) is 120 cm³/mol. The van der Waals surface area contributed by atoms with Gasteiger partial charge in [-0.1, -0.05) is 72.9 Å². The first-order valence-corrected chi connectivity index (χ1v) is 12.2. The van der Waals surface area contributed by atoms with E-state index in [2.05, 4.69) is 71.4 Å². The Morgan fingerprint density at radius 3 is 2.41 bits per heavy atom. The van der Waals surface area contributed by atoms with Crippen molar-refractivity contribution in [3.63, 3.8) is 0 Å². The second-order valence-corrected chi connectivity index (χ2v) is 9.50. The molecule has 0 aliphatic rings. The molecule has 0 saturated carbocycles. The minimum absolute atomic E-state index is 0.994. The van der Waals surface area contributed by atoms with Gasteiger partial charge in [-0.3, -0.25) is 4.99 Å². The number of anilines is 1. The van der Waals surface area contributed by atoms with Crippen LogP contribution >= 0.6 is 0 Å². The third-order valence-electron chi connectivity index (χ3n) is 4.84. The van der Waals surface area contributed by atoms with E-state index in [0.29, 0.717) is 0 Å². The van der Waals surface area contributed by atoms with Crippen LogP contribution in [0.25, 0.3) is 0 Å². The average molecular weight is 370 g/mol. The molecule has 0 aliphatic carbocycles. The van der Waals surface area contributed by atoms with E-state index in [-0.39, 0.29) is 0 Å². The molecule has 3 aromatic carbocycles. The summed E-state index contributed by atoms with van der Waals surface area (Å²) in [7, 11) is 0. The number of rotatable bonds is 7. The van der Waals surface area contributed by atoms with Crippen LogP contribution in [0.4, 0.5) is 11.4 Å². The number of nitrogens with zero attached hydrogens (tertiary/aromatic N) is 1. The molecule has 0 atom stereocenters. The normalized spacial score (nSPS) is 10.9. The first-order chi connectivity index (χ1) is 13.2. The fourth-order valence-corrected chi connectivity index (χ4v) is 5.44. The third kappa shape index (κ3) is 5.33. The lowest BCUT2D eigenvalue weighted by Gasteiger charge is -2.16. The van der Waals surface area contributed by atoms with E-state index < -0.39 is 14.4 Å². The Kier molecular flexibility index (Phi) is 6.87. The second-order valence-electron chi connectivity index (χ2n) is 7.00. The zero-order valence-corrected chi connectivity index (χ0v) is 17.6. The fourth-order valence-electron chi connectivity index (χ4n) is 3.44. The van der Waals surface area contributed by atoms with Crippen LogP contribution in [0.15, 0.2) is 77.8 Å². The lowest BCUT2D eigenvalue weighted by Crippen LogP contribution is -2.25. The fraction of sp³-hybridized carbons (Fsp3) is 0.208. The minimum Gasteiger partial charge on any atom is -0.476 e. The molecule has 0 spiro atoms. The Morgan fingerprint density at radius 1 is 0.926 bits per heavy atom. The number of benzene rings is 3. The van der Waals surface area contributed by atoms with Crippen molar-refractivity contribution in [2.75, 3.05) is 4.30 Å². The molecule has 0 radical (unpaired) electrons. The largest absolute Gasteiger partial charge is 0.476 e. The lowest BCUT2D eigenvalue weighted by atomic mass is 10.0. The molecule has 2 nitrogen and oxygen atoms in total. The minimum atomic E-state index is -1.12. The maximum Gasteiger partial charge on any atom is 0.412 e. The average Bonchev–Trinajstić information content (AvgIpc) is 2.69. The molecular weight excluding hydrogens is 343 g/mol. The van der Waals surface area contributed by atoms with E-state index in [1.54, 1.807) is 0 Å². The van der Waals surface area contributed by atoms with Crippen molar-refractivity contribution in [1.29, 1.82) is 0 Å². The molecule has 0 unspecified atom stereocenters. The summed E-state index contributed by atoms with van der Waals surface area (Å²) in [5.41, 5.74) is 7.69.